The van der Waals surface area contributed by atoms with Gasteiger partial charge in [-0.15, -0.1) is 0 Å². The first-order valence-electron chi connectivity index (χ1n) is 9.87. The number of amides is 1. The van der Waals surface area contributed by atoms with Crippen molar-refractivity contribution in [3.63, 3.8) is 0 Å². The Morgan fingerprint density at radius 2 is 1.76 bits per heavy atom. The molecule has 158 valence electrons. The van der Waals surface area contributed by atoms with Crippen LogP contribution >= 0.6 is 11.6 Å². The number of nitrogens with one attached hydrogen (secondary N) is 2. The van der Waals surface area contributed by atoms with E-state index in [-0.39, 0.29) is 24.1 Å². The van der Waals surface area contributed by atoms with Crippen molar-refractivity contribution in [1.29, 1.82) is 0 Å². The molecule has 2 N–H and O–H groups in total. The van der Waals surface area contributed by atoms with Crippen LogP contribution < -0.4 is 20.1 Å². The van der Waals surface area contributed by atoms with Gasteiger partial charge < -0.3 is 20.1 Å². The van der Waals surface area contributed by atoms with Crippen LogP contribution in [0.5, 0.6) is 11.5 Å². The Morgan fingerprint density at radius 1 is 1.10 bits per heavy atom. The number of rotatable bonds is 9. The summed E-state index contributed by atoms with van der Waals surface area (Å²) < 4.78 is 11.4. The summed E-state index contributed by atoms with van der Waals surface area (Å²) in [5.74, 6) is 0.837. The quantitative estimate of drug-likeness (QED) is 0.609. The molecule has 1 atom stereocenters. The van der Waals surface area contributed by atoms with Gasteiger partial charge >= 0.3 is 0 Å². The molecule has 0 saturated heterocycles. The number of carbonyl (C=O) groups is 1. The highest BCUT2D eigenvalue weighted by atomic mass is 35.5. The van der Waals surface area contributed by atoms with Gasteiger partial charge in [0, 0.05) is 29.2 Å². The molecule has 6 heteroatoms. The summed E-state index contributed by atoms with van der Waals surface area (Å²) in [5.41, 5.74) is 1.80. The van der Waals surface area contributed by atoms with E-state index in [1.807, 2.05) is 52.0 Å². The molecule has 0 heterocycles. The van der Waals surface area contributed by atoms with Crippen LogP contribution in [0.4, 0.5) is 0 Å². The van der Waals surface area contributed by atoms with Gasteiger partial charge in [-0.2, -0.15) is 0 Å². The first-order chi connectivity index (χ1) is 13.7. The minimum absolute atomic E-state index is 0.101. The van der Waals surface area contributed by atoms with Gasteiger partial charge in [0.15, 0.2) is 18.1 Å². The van der Waals surface area contributed by atoms with Crippen LogP contribution in [0.1, 0.15) is 51.8 Å². The third kappa shape index (κ3) is 7.59. The molecule has 0 fully saturated rings. The SMILES string of the molecule is CCOc1cc(CNC(C)c2ccccc2)c(Cl)cc1OCC(=O)NC(C)(C)C. The van der Waals surface area contributed by atoms with Gasteiger partial charge in [0.2, 0.25) is 0 Å². The maximum absolute atomic E-state index is 12.0. The first kappa shape index (κ1) is 23.0. The highest BCUT2D eigenvalue weighted by Crippen LogP contribution is 2.34. The maximum atomic E-state index is 12.0. The first-order valence-corrected chi connectivity index (χ1v) is 10.2. The summed E-state index contributed by atoms with van der Waals surface area (Å²) in [6.07, 6.45) is 0. The van der Waals surface area contributed by atoms with Gasteiger partial charge in [0.25, 0.3) is 5.91 Å². The molecule has 2 aromatic carbocycles. The van der Waals surface area contributed by atoms with E-state index in [9.17, 15) is 4.79 Å². The van der Waals surface area contributed by atoms with Crippen molar-refractivity contribution in [2.24, 2.45) is 0 Å². The average molecular weight is 419 g/mol. The third-order valence-corrected chi connectivity index (χ3v) is 4.54. The Morgan fingerprint density at radius 3 is 2.38 bits per heavy atom. The molecule has 1 amide bonds. The fourth-order valence-electron chi connectivity index (χ4n) is 2.81. The molecule has 5 nitrogen and oxygen atoms in total. The van der Waals surface area contributed by atoms with E-state index in [2.05, 4.69) is 29.7 Å². The molecule has 2 aromatic rings. The summed E-state index contributed by atoms with van der Waals surface area (Å²) in [6.45, 7) is 10.7. The lowest BCUT2D eigenvalue weighted by molar-refractivity contribution is -0.124. The lowest BCUT2D eigenvalue weighted by Gasteiger charge is -2.21. The van der Waals surface area contributed by atoms with Crippen molar-refractivity contribution in [3.8, 4) is 11.5 Å². The zero-order valence-electron chi connectivity index (χ0n) is 17.8. The van der Waals surface area contributed by atoms with Crippen LogP contribution in [0.2, 0.25) is 5.02 Å². The number of halogens is 1. The monoisotopic (exact) mass is 418 g/mol. The molecular formula is C23H31ClN2O3. The molecule has 0 aliphatic carbocycles. The molecular weight excluding hydrogens is 388 g/mol. The highest BCUT2D eigenvalue weighted by molar-refractivity contribution is 6.31. The van der Waals surface area contributed by atoms with E-state index in [1.54, 1.807) is 6.07 Å². The van der Waals surface area contributed by atoms with Crippen LogP contribution in [-0.2, 0) is 11.3 Å². The van der Waals surface area contributed by atoms with E-state index in [1.165, 1.54) is 5.56 Å². The number of benzene rings is 2. The Balaban J connectivity index is 2.07. The van der Waals surface area contributed by atoms with Crippen molar-refractivity contribution < 1.29 is 14.3 Å². The van der Waals surface area contributed by atoms with Gasteiger partial charge in [-0.05, 0) is 51.8 Å². The number of hydrogen-bond donors (Lipinski definition) is 2. The molecule has 29 heavy (non-hydrogen) atoms. The fourth-order valence-corrected chi connectivity index (χ4v) is 3.03. The normalized spacial score (nSPS) is 12.3. The van der Waals surface area contributed by atoms with Crippen LogP contribution in [0.15, 0.2) is 42.5 Å². The standard InChI is InChI=1S/C23H31ClN2O3/c1-6-28-20-12-18(14-25-16(2)17-10-8-7-9-11-17)19(24)13-21(20)29-15-22(27)26-23(3,4)5/h7-13,16,25H,6,14-15H2,1-5H3,(H,26,27). The number of carbonyl (C=O) groups excluding carboxylic acids is 1. The minimum Gasteiger partial charge on any atom is -0.490 e. The molecule has 1 unspecified atom stereocenters. The maximum Gasteiger partial charge on any atom is 0.258 e. The summed E-state index contributed by atoms with van der Waals surface area (Å²) in [4.78, 5) is 12.0. The lowest BCUT2D eigenvalue weighted by atomic mass is 10.1. The second-order valence-electron chi connectivity index (χ2n) is 7.92. The molecule has 0 aliphatic heterocycles. The highest BCUT2D eigenvalue weighted by Gasteiger charge is 2.17. The van der Waals surface area contributed by atoms with Gasteiger partial charge in [-0.1, -0.05) is 41.9 Å². The summed E-state index contributed by atoms with van der Waals surface area (Å²) in [5, 5.41) is 6.91. The average Bonchev–Trinajstić information content (AvgIpc) is 2.66. The van der Waals surface area contributed by atoms with E-state index in [0.29, 0.717) is 29.7 Å². The van der Waals surface area contributed by atoms with Gasteiger partial charge in [0.1, 0.15) is 0 Å². The molecule has 0 radical (unpaired) electrons. The van der Waals surface area contributed by atoms with E-state index in [0.717, 1.165) is 5.56 Å². The van der Waals surface area contributed by atoms with Crippen molar-refractivity contribution in [2.45, 2.75) is 52.7 Å². The smallest absolute Gasteiger partial charge is 0.258 e. The van der Waals surface area contributed by atoms with Crippen molar-refractivity contribution in [3.05, 3.63) is 58.6 Å². The van der Waals surface area contributed by atoms with Crippen molar-refractivity contribution >= 4 is 17.5 Å². The molecule has 0 aromatic heterocycles. The zero-order chi connectivity index (χ0) is 21.4. The second-order valence-corrected chi connectivity index (χ2v) is 8.33. The molecule has 2 rings (SSSR count). The van der Waals surface area contributed by atoms with Gasteiger partial charge in [-0.3, -0.25) is 4.79 Å². The van der Waals surface area contributed by atoms with Crippen LogP contribution in [0.3, 0.4) is 0 Å². The van der Waals surface area contributed by atoms with Crippen molar-refractivity contribution in [1.82, 2.24) is 10.6 Å². The van der Waals surface area contributed by atoms with Crippen LogP contribution in [0, 0.1) is 0 Å². The Labute approximate surface area is 178 Å². The van der Waals surface area contributed by atoms with Crippen molar-refractivity contribution in [2.75, 3.05) is 13.2 Å². The summed E-state index contributed by atoms with van der Waals surface area (Å²) in [7, 11) is 0. The fraction of sp³-hybridized carbons (Fsp3) is 0.435. The number of hydrogen-bond acceptors (Lipinski definition) is 4. The summed E-state index contributed by atoms with van der Waals surface area (Å²) >= 11 is 6.48. The van der Waals surface area contributed by atoms with Crippen LogP contribution in [0.25, 0.3) is 0 Å². The number of ether oxygens (including phenoxy) is 2. The summed E-state index contributed by atoms with van der Waals surface area (Å²) in [6, 6.07) is 14.0. The Bertz CT molecular complexity index is 804. The zero-order valence-corrected chi connectivity index (χ0v) is 18.6. The van der Waals surface area contributed by atoms with E-state index < -0.39 is 0 Å². The van der Waals surface area contributed by atoms with Crippen LogP contribution in [-0.4, -0.2) is 24.7 Å². The Kier molecular flexibility index (Phi) is 8.35. The van der Waals surface area contributed by atoms with E-state index in [4.69, 9.17) is 21.1 Å². The minimum atomic E-state index is -0.314. The largest absolute Gasteiger partial charge is 0.490 e. The van der Waals surface area contributed by atoms with E-state index >= 15 is 0 Å². The Hall–Kier alpha value is -2.24. The molecule has 0 aliphatic rings. The second kappa shape index (κ2) is 10.5. The predicted octanol–water partition coefficient (Wildman–Crippen LogP) is 4.88. The van der Waals surface area contributed by atoms with Gasteiger partial charge in [-0.25, -0.2) is 0 Å². The topological polar surface area (TPSA) is 59.6 Å². The van der Waals surface area contributed by atoms with Gasteiger partial charge in [0.05, 0.1) is 6.61 Å². The molecule has 0 spiro atoms. The lowest BCUT2D eigenvalue weighted by Crippen LogP contribution is -2.43. The molecule has 0 saturated carbocycles. The molecule has 0 bridgehead atoms. The third-order valence-electron chi connectivity index (χ3n) is 4.18. The predicted molar refractivity (Wildman–Crippen MR) is 118 cm³/mol.